The molecule has 1 aromatic rings. The van der Waals surface area contributed by atoms with Gasteiger partial charge in [0.1, 0.15) is 5.82 Å². The van der Waals surface area contributed by atoms with Crippen LogP contribution in [0.2, 0.25) is 0 Å². The Bertz CT molecular complexity index is 398. The van der Waals surface area contributed by atoms with E-state index in [-0.39, 0.29) is 12.1 Å². The summed E-state index contributed by atoms with van der Waals surface area (Å²) in [4.78, 5) is 4.62. The minimum atomic E-state index is 0.202. The second kappa shape index (κ2) is 8.54. The van der Waals surface area contributed by atoms with Crippen molar-refractivity contribution in [1.82, 2.24) is 14.9 Å². The van der Waals surface area contributed by atoms with E-state index in [0.29, 0.717) is 5.92 Å². The third-order valence-corrected chi connectivity index (χ3v) is 4.59. The third kappa shape index (κ3) is 4.07. The number of ether oxygens (including phenoxy) is 1. The van der Waals surface area contributed by atoms with Crippen LogP contribution >= 0.6 is 0 Å². The van der Waals surface area contributed by atoms with Crippen LogP contribution in [0, 0.1) is 5.92 Å². The van der Waals surface area contributed by atoms with Gasteiger partial charge in [0, 0.05) is 25.5 Å². The van der Waals surface area contributed by atoms with Gasteiger partial charge in [0.05, 0.1) is 12.1 Å². The second-order valence-electron chi connectivity index (χ2n) is 5.92. The van der Waals surface area contributed by atoms with Crippen LogP contribution in [0.5, 0.6) is 0 Å². The summed E-state index contributed by atoms with van der Waals surface area (Å²) in [5.74, 6) is 1.79. The molecule has 0 bridgehead atoms. The summed E-state index contributed by atoms with van der Waals surface area (Å²) in [6, 6.07) is 0.202. The SMILES string of the molecule is CCNC(c1nccn1CC)C(OCC)C1CCCCC1. The van der Waals surface area contributed by atoms with Gasteiger partial charge < -0.3 is 14.6 Å². The van der Waals surface area contributed by atoms with Gasteiger partial charge in [0.25, 0.3) is 0 Å². The summed E-state index contributed by atoms with van der Waals surface area (Å²) < 4.78 is 8.44. The van der Waals surface area contributed by atoms with Gasteiger partial charge in [0.2, 0.25) is 0 Å². The predicted octanol–water partition coefficient (Wildman–Crippen LogP) is 3.54. The Morgan fingerprint density at radius 3 is 2.67 bits per heavy atom. The maximum Gasteiger partial charge on any atom is 0.128 e. The monoisotopic (exact) mass is 293 g/mol. The number of likely N-dealkylation sites (N-methyl/N-ethyl adjacent to an activating group) is 1. The lowest BCUT2D eigenvalue weighted by Gasteiger charge is -2.35. The van der Waals surface area contributed by atoms with E-state index >= 15 is 0 Å². The molecule has 2 unspecified atom stereocenters. The van der Waals surface area contributed by atoms with Crippen molar-refractivity contribution < 1.29 is 4.74 Å². The topological polar surface area (TPSA) is 39.1 Å². The lowest BCUT2D eigenvalue weighted by atomic mass is 9.82. The van der Waals surface area contributed by atoms with Crippen LogP contribution in [0.4, 0.5) is 0 Å². The molecule has 2 rings (SSSR count). The predicted molar refractivity (Wildman–Crippen MR) is 86.3 cm³/mol. The molecule has 4 nitrogen and oxygen atoms in total. The zero-order valence-corrected chi connectivity index (χ0v) is 13.8. The molecular weight excluding hydrogens is 262 g/mol. The van der Waals surface area contributed by atoms with E-state index in [4.69, 9.17) is 4.74 Å². The number of aromatic nitrogens is 2. The molecular formula is C17H31N3O. The Morgan fingerprint density at radius 2 is 2.05 bits per heavy atom. The number of hydrogen-bond donors (Lipinski definition) is 1. The molecule has 4 heteroatoms. The van der Waals surface area contributed by atoms with Crippen molar-refractivity contribution in [3.05, 3.63) is 18.2 Å². The van der Waals surface area contributed by atoms with Crippen LogP contribution in [0.15, 0.2) is 12.4 Å². The first-order valence-electron chi connectivity index (χ1n) is 8.67. The molecule has 1 N–H and O–H groups in total. The lowest BCUT2D eigenvalue weighted by molar-refractivity contribution is -0.0206. The Labute approximate surface area is 129 Å². The number of nitrogens with one attached hydrogen (secondary N) is 1. The highest BCUT2D eigenvalue weighted by Gasteiger charge is 2.33. The molecule has 1 aliphatic rings. The molecule has 120 valence electrons. The van der Waals surface area contributed by atoms with Gasteiger partial charge >= 0.3 is 0 Å². The molecule has 0 amide bonds. The van der Waals surface area contributed by atoms with Gasteiger partial charge in [-0.1, -0.05) is 26.2 Å². The fourth-order valence-electron chi connectivity index (χ4n) is 3.60. The van der Waals surface area contributed by atoms with Crippen molar-refractivity contribution in [2.45, 2.75) is 71.6 Å². The molecule has 0 aliphatic heterocycles. The number of nitrogens with zero attached hydrogens (tertiary/aromatic N) is 2. The number of aryl methyl sites for hydroxylation is 1. The largest absolute Gasteiger partial charge is 0.376 e. The number of imidazole rings is 1. The van der Waals surface area contributed by atoms with Crippen molar-refractivity contribution in [2.24, 2.45) is 5.92 Å². The van der Waals surface area contributed by atoms with Crippen molar-refractivity contribution in [2.75, 3.05) is 13.2 Å². The smallest absolute Gasteiger partial charge is 0.128 e. The molecule has 1 heterocycles. The molecule has 2 atom stereocenters. The van der Waals surface area contributed by atoms with Gasteiger partial charge in [-0.3, -0.25) is 0 Å². The Balaban J connectivity index is 2.22. The zero-order valence-electron chi connectivity index (χ0n) is 13.8. The van der Waals surface area contributed by atoms with Crippen LogP contribution in [0.25, 0.3) is 0 Å². The first kappa shape index (κ1) is 16.5. The second-order valence-corrected chi connectivity index (χ2v) is 5.92. The van der Waals surface area contributed by atoms with E-state index < -0.39 is 0 Å². The summed E-state index contributed by atoms with van der Waals surface area (Å²) in [5.41, 5.74) is 0. The standard InChI is InChI=1S/C17H31N3O/c1-4-18-15(17-19-12-13-20(17)5-2)16(21-6-3)14-10-8-7-9-11-14/h12-16,18H,4-11H2,1-3H3. The summed E-state index contributed by atoms with van der Waals surface area (Å²) in [7, 11) is 0. The molecule has 0 spiro atoms. The van der Waals surface area contributed by atoms with Gasteiger partial charge in [0.15, 0.2) is 0 Å². The highest BCUT2D eigenvalue weighted by Crippen LogP contribution is 2.34. The maximum absolute atomic E-state index is 6.20. The number of hydrogen-bond acceptors (Lipinski definition) is 3. The molecule has 21 heavy (non-hydrogen) atoms. The van der Waals surface area contributed by atoms with Crippen LogP contribution in [0.3, 0.4) is 0 Å². The zero-order chi connectivity index (χ0) is 15.1. The van der Waals surface area contributed by atoms with Crippen LogP contribution in [-0.4, -0.2) is 28.8 Å². The Kier molecular flexibility index (Phi) is 6.71. The first-order valence-corrected chi connectivity index (χ1v) is 8.67. The van der Waals surface area contributed by atoms with Crippen molar-refractivity contribution in [1.29, 1.82) is 0 Å². The molecule has 1 aliphatic carbocycles. The maximum atomic E-state index is 6.20. The highest BCUT2D eigenvalue weighted by molar-refractivity contribution is 5.04. The van der Waals surface area contributed by atoms with Crippen LogP contribution in [-0.2, 0) is 11.3 Å². The first-order chi connectivity index (χ1) is 10.3. The average Bonchev–Trinajstić information content (AvgIpc) is 3.00. The Morgan fingerprint density at radius 1 is 1.29 bits per heavy atom. The van der Waals surface area contributed by atoms with Gasteiger partial charge in [-0.25, -0.2) is 4.98 Å². The fraction of sp³-hybridized carbons (Fsp3) is 0.824. The minimum absolute atomic E-state index is 0.202. The fourth-order valence-corrected chi connectivity index (χ4v) is 3.60. The van der Waals surface area contributed by atoms with E-state index in [1.54, 1.807) is 0 Å². The van der Waals surface area contributed by atoms with Crippen molar-refractivity contribution >= 4 is 0 Å². The normalized spacial score (nSPS) is 19.6. The third-order valence-electron chi connectivity index (χ3n) is 4.59. The lowest BCUT2D eigenvalue weighted by Crippen LogP contribution is -2.41. The molecule has 1 saturated carbocycles. The average molecular weight is 293 g/mol. The molecule has 0 saturated heterocycles. The molecule has 0 radical (unpaired) electrons. The molecule has 1 aromatic heterocycles. The molecule has 0 aromatic carbocycles. The van der Waals surface area contributed by atoms with Crippen LogP contribution in [0.1, 0.15) is 64.7 Å². The summed E-state index contributed by atoms with van der Waals surface area (Å²) >= 11 is 0. The van der Waals surface area contributed by atoms with E-state index in [2.05, 4.69) is 41.8 Å². The van der Waals surface area contributed by atoms with Gasteiger partial charge in [-0.05, 0) is 39.2 Å². The quantitative estimate of drug-likeness (QED) is 0.797. The van der Waals surface area contributed by atoms with Crippen molar-refractivity contribution in [3.8, 4) is 0 Å². The summed E-state index contributed by atoms with van der Waals surface area (Å²) in [6.07, 6.45) is 10.9. The van der Waals surface area contributed by atoms with Crippen LogP contribution < -0.4 is 5.32 Å². The van der Waals surface area contributed by atoms with E-state index in [0.717, 1.165) is 25.5 Å². The molecule has 1 fully saturated rings. The van der Waals surface area contributed by atoms with E-state index in [1.165, 1.54) is 32.1 Å². The minimum Gasteiger partial charge on any atom is -0.376 e. The summed E-state index contributed by atoms with van der Waals surface area (Å²) in [5, 5.41) is 3.63. The Hall–Kier alpha value is -0.870. The van der Waals surface area contributed by atoms with Gasteiger partial charge in [-0.2, -0.15) is 0 Å². The van der Waals surface area contributed by atoms with Gasteiger partial charge in [-0.15, -0.1) is 0 Å². The summed E-state index contributed by atoms with van der Waals surface area (Å²) in [6.45, 7) is 9.11. The van der Waals surface area contributed by atoms with Crippen molar-refractivity contribution in [3.63, 3.8) is 0 Å². The van der Waals surface area contributed by atoms with E-state index in [1.807, 2.05) is 6.20 Å². The number of rotatable bonds is 8. The highest BCUT2D eigenvalue weighted by atomic mass is 16.5. The van der Waals surface area contributed by atoms with E-state index in [9.17, 15) is 0 Å².